The first-order valence-corrected chi connectivity index (χ1v) is 6.40. The summed E-state index contributed by atoms with van der Waals surface area (Å²) >= 11 is 0. The molecule has 0 aliphatic carbocycles. The molecule has 0 aliphatic rings. The molecule has 0 rings (SSSR count). The molecule has 0 spiro atoms. The summed E-state index contributed by atoms with van der Waals surface area (Å²) in [6, 6.07) is 0. The average molecular weight is 418 g/mol. The van der Waals surface area contributed by atoms with Crippen LogP contribution in [-0.4, -0.2) is 71.0 Å². The van der Waals surface area contributed by atoms with Crippen LogP contribution in [0, 0.1) is 10.8 Å². The third-order valence-electron chi connectivity index (χ3n) is 3.11. The first kappa shape index (κ1) is 22.7. The summed E-state index contributed by atoms with van der Waals surface area (Å²) in [6.07, 6.45) is 11.8. The molecule has 0 saturated heterocycles. The summed E-state index contributed by atoms with van der Waals surface area (Å²) in [5.41, 5.74) is -3.36. The number of rotatable bonds is 7. The molecule has 114 valence electrons. The van der Waals surface area contributed by atoms with Crippen LogP contribution < -0.4 is 0 Å². The van der Waals surface area contributed by atoms with Gasteiger partial charge in [0.2, 0.25) is 0 Å². The molecule has 0 aromatic heterocycles. The predicted octanol–water partition coefficient (Wildman–Crippen LogP) is 2.52. The Kier molecular flexibility index (Phi) is 11.1. The minimum atomic E-state index is -1.68. The number of allylic oxidation sites excluding steroid dienone is 4. The molecule has 4 nitrogen and oxygen atoms in total. The zero-order valence-corrected chi connectivity index (χ0v) is 12.3. The molecule has 0 aliphatic heterocycles. The third-order valence-corrected chi connectivity index (χ3v) is 3.11. The van der Waals surface area contributed by atoms with E-state index in [0.717, 1.165) is 0 Å². The first-order valence-electron chi connectivity index (χ1n) is 6.40. The summed E-state index contributed by atoms with van der Waals surface area (Å²) < 4.78 is 0. The van der Waals surface area contributed by atoms with Gasteiger partial charge in [0.25, 0.3) is 0 Å². The van der Waals surface area contributed by atoms with Crippen LogP contribution in [0.2, 0.25) is 0 Å². The summed E-state index contributed by atoms with van der Waals surface area (Å²) in [4.78, 5) is 23.7. The van der Waals surface area contributed by atoms with Gasteiger partial charge in [0.1, 0.15) is 10.8 Å². The third kappa shape index (κ3) is 4.47. The molecular formula is C16H24BaO4. The summed E-state index contributed by atoms with van der Waals surface area (Å²) in [6.45, 7) is 6.66. The van der Waals surface area contributed by atoms with Gasteiger partial charge in [0, 0.05) is 0 Å². The van der Waals surface area contributed by atoms with Crippen molar-refractivity contribution in [3.63, 3.8) is 0 Å². The van der Waals surface area contributed by atoms with E-state index in [1.54, 1.807) is 52.0 Å². The maximum atomic E-state index is 11.9. The Labute approximate surface area is 166 Å². The van der Waals surface area contributed by atoms with Crippen LogP contribution in [0.15, 0.2) is 48.6 Å². The van der Waals surface area contributed by atoms with Crippen LogP contribution in [0.5, 0.6) is 0 Å². The van der Waals surface area contributed by atoms with Crippen molar-refractivity contribution in [3.05, 3.63) is 48.6 Å². The summed E-state index contributed by atoms with van der Waals surface area (Å²) in [7, 11) is 0. The zero-order valence-electron chi connectivity index (χ0n) is 12.3. The second-order valence-electron chi connectivity index (χ2n) is 4.35. The van der Waals surface area contributed by atoms with Crippen molar-refractivity contribution >= 4 is 60.8 Å². The molecular weight excluding hydrogens is 394 g/mol. The standard InChI is InChI=1S/C16H22O4.Ba.2H/c1-5-9-15(10-6-2,13(17)18)16(11-7-3,12-8-4)14(19)20;;;/h5-12H,1-4H3,(H,17,18)(H,19,20);;;. The summed E-state index contributed by atoms with van der Waals surface area (Å²) in [5.74, 6) is -2.43. The Morgan fingerprint density at radius 3 is 0.952 bits per heavy atom. The Balaban J connectivity index is 0. The van der Waals surface area contributed by atoms with Gasteiger partial charge >= 0.3 is 60.8 Å². The van der Waals surface area contributed by atoms with Crippen molar-refractivity contribution in [1.29, 1.82) is 0 Å². The molecule has 0 heterocycles. The molecule has 0 radical (unpaired) electrons. The molecule has 0 fully saturated rings. The van der Waals surface area contributed by atoms with E-state index in [1.807, 2.05) is 0 Å². The Morgan fingerprint density at radius 2 is 0.857 bits per heavy atom. The normalized spacial score (nSPS) is 17.9. The van der Waals surface area contributed by atoms with Gasteiger partial charge in [-0.2, -0.15) is 0 Å². The molecule has 2 N–H and O–H groups in total. The Bertz CT molecular complexity index is 405. The van der Waals surface area contributed by atoms with E-state index >= 15 is 0 Å². The fraction of sp³-hybridized carbons (Fsp3) is 0.375. The van der Waals surface area contributed by atoms with Gasteiger partial charge in [0.15, 0.2) is 0 Å². The Hall–Kier alpha value is -0.529. The van der Waals surface area contributed by atoms with E-state index < -0.39 is 22.8 Å². The zero-order chi connectivity index (χ0) is 15.8. The van der Waals surface area contributed by atoms with Gasteiger partial charge in [0.05, 0.1) is 0 Å². The van der Waals surface area contributed by atoms with Crippen molar-refractivity contribution in [2.45, 2.75) is 27.7 Å². The van der Waals surface area contributed by atoms with E-state index in [9.17, 15) is 19.8 Å². The second kappa shape index (κ2) is 10.2. The SMILES string of the molecule is CC=CC(C=CC)(C(=O)O)C(C=CC)(C=CC)C(=O)O.[BaH2]. The second-order valence-corrected chi connectivity index (χ2v) is 4.35. The van der Waals surface area contributed by atoms with Crippen LogP contribution in [-0.2, 0) is 9.59 Å². The van der Waals surface area contributed by atoms with E-state index in [0.29, 0.717) is 0 Å². The van der Waals surface area contributed by atoms with Crippen molar-refractivity contribution in [2.75, 3.05) is 0 Å². The van der Waals surface area contributed by atoms with Crippen molar-refractivity contribution in [2.24, 2.45) is 10.8 Å². The molecule has 0 saturated carbocycles. The molecule has 0 aromatic carbocycles. The monoisotopic (exact) mass is 418 g/mol. The number of carboxylic acid groups (broad SMARTS) is 2. The van der Waals surface area contributed by atoms with E-state index in [-0.39, 0.29) is 48.9 Å². The number of aliphatic carboxylic acids is 2. The number of carboxylic acids is 2. The molecule has 0 atom stereocenters. The quantitative estimate of drug-likeness (QED) is 0.493. The number of hydrogen-bond donors (Lipinski definition) is 2. The van der Waals surface area contributed by atoms with Crippen LogP contribution in [0.4, 0.5) is 0 Å². The van der Waals surface area contributed by atoms with Crippen LogP contribution in [0.3, 0.4) is 0 Å². The van der Waals surface area contributed by atoms with Crippen LogP contribution >= 0.6 is 0 Å². The Morgan fingerprint density at radius 1 is 0.667 bits per heavy atom. The first-order chi connectivity index (χ1) is 9.38. The molecule has 21 heavy (non-hydrogen) atoms. The fourth-order valence-corrected chi connectivity index (χ4v) is 2.35. The average Bonchev–Trinajstić information content (AvgIpc) is 2.37. The van der Waals surface area contributed by atoms with Crippen molar-refractivity contribution in [1.82, 2.24) is 0 Å². The maximum absolute atomic E-state index is 11.9. The fourth-order valence-electron chi connectivity index (χ4n) is 2.35. The molecule has 0 unspecified atom stereocenters. The molecule has 5 heteroatoms. The minimum absolute atomic E-state index is 0. The van der Waals surface area contributed by atoms with Gasteiger partial charge < -0.3 is 10.2 Å². The molecule has 0 amide bonds. The number of carbonyl (C=O) groups is 2. The topological polar surface area (TPSA) is 74.6 Å². The van der Waals surface area contributed by atoms with Crippen molar-refractivity contribution < 1.29 is 19.8 Å². The number of hydrogen-bond acceptors (Lipinski definition) is 2. The van der Waals surface area contributed by atoms with E-state index in [2.05, 4.69) is 0 Å². The van der Waals surface area contributed by atoms with Gasteiger partial charge in [-0.15, -0.1) is 0 Å². The van der Waals surface area contributed by atoms with Crippen LogP contribution in [0.25, 0.3) is 0 Å². The van der Waals surface area contributed by atoms with E-state index in [1.165, 1.54) is 24.3 Å². The van der Waals surface area contributed by atoms with Gasteiger partial charge in [-0.3, -0.25) is 9.59 Å². The van der Waals surface area contributed by atoms with Gasteiger partial charge in [-0.1, -0.05) is 48.6 Å². The van der Waals surface area contributed by atoms with Crippen LogP contribution in [0.1, 0.15) is 27.7 Å². The molecule has 0 aromatic rings. The van der Waals surface area contributed by atoms with E-state index in [4.69, 9.17) is 0 Å². The summed E-state index contributed by atoms with van der Waals surface area (Å²) in [5, 5.41) is 19.4. The molecule has 0 bridgehead atoms. The van der Waals surface area contributed by atoms with Crippen molar-refractivity contribution in [3.8, 4) is 0 Å². The van der Waals surface area contributed by atoms with Gasteiger partial charge in [-0.25, -0.2) is 0 Å². The predicted molar refractivity (Wildman–Crippen MR) is 87.9 cm³/mol. The van der Waals surface area contributed by atoms with Gasteiger partial charge in [-0.05, 0) is 27.7 Å².